The lowest BCUT2D eigenvalue weighted by Crippen LogP contribution is -2.44. The third kappa shape index (κ3) is 5.76. The van der Waals surface area contributed by atoms with E-state index in [1.165, 1.54) is 58.3 Å². The van der Waals surface area contributed by atoms with Gasteiger partial charge in [0, 0.05) is 25.2 Å². The summed E-state index contributed by atoms with van der Waals surface area (Å²) in [5.74, 6) is 2.01. The minimum absolute atomic E-state index is 0.264. The van der Waals surface area contributed by atoms with E-state index in [1.807, 2.05) is 17.0 Å². The van der Waals surface area contributed by atoms with Crippen LogP contribution in [0.1, 0.15) is 58.3 Å². The Bertz CT molecular complexity index is 663. The van der Waals surface area contributed by atoms with Gasteiger partial charge in [0.25, 0.3) is 0 Å². The highest BCUT2D eigenvalue weighted by atomic mass is 16.5. The van der Waals surface area contributed by atoms with Crippen molar-refractivity contribution in [2.75, 3.05) is 50.8 Å². The lowest BCUT2D eigenvalue weighted by Gasteiger charge is -2.35. The molecule has 0 aromatic heterocycles. The molecule has 166 valence electrons. The van der Waals surface area contributed by atoms with Gasteiger partial charge in [-0.3, -0.25) is 4.79 Å². The van der Waals surface area contributed by atoms with Crippen LogP contribution in [0.15, 0.2) is 24.3 Å². The first kappa shape index (κ1) is 21.6. The number of amides is 1. The molecule has 3 saturated heterocycles. The maximum absolute atomic E-state index is 12.6. The van der Waals surface area contributed by atoms with Crippen LogP contribution in [-0.4, -0.2) is 67.6 Å². The fourth-order valence-corrected chi connectivity index (χ4v) is 5.18. The van der Waals surface area contributed by atoms with Gasteiger partial charge in [-0.05, 0) is 94.9 Å². The van der Waals surface area contributed by atoms with Crippen molar-refractivity contribution in [1.29, 1.82) is 0 Å². The number of benzene rings is 1. The summed E-state index contributed by atoms with van der Waals surface area (Å²) in [7, 11) is 0. The molecular formula is C25H39N3O2. The molecule has 0 N–H and O–H groups in total. The molecule has 1 atom stereocenters. The number of rotatable bonds is 8. The maximum Gasteiger partial charge on any atom is 0.227 e. The molecule has 0 unspecified atom stereocenters. The van der Waals surface area contributed by atoms with Crippen molar-refractivity contribution in [3.05, 3.63) is 24.3 Å². The molecule has 30 heavy (non-hydrogen) atoms. The summed E-state index contributed by atoms with van der Waals surface area (Å²) in [6.07, 6.45) is 9.35. The number of ether oxygens (including phenoxy) is 1. The number of carbonyl (C=O) groups is 1. The van der Waals surface area contributed by atoms with E-state index in [2.05, 4.69) is 28.9 Å². The largest absolute Gasteiger partial charge is 0.494 e. The predicted octanol–water partition coefficient (Wildman–Crippen LogP) is 4.17. The number of piperidine rings is 2. The van der Waals surface area contributed by atoms with E-state index >= 15 is 0 Å². The van der Waals surface area contributed by atoms with Crippen molar-refractivity contribution >= 4 is 11.6 Å². The summed E-state index contributed by atoms with van der Waals surface area (Å²) in [5.41, 5.74) is 1.02. The Balaban J connectivity index is 1.25. The average molecular weight is 414 g/mol. The van der Waals surface area contributed by atoms with Gasteiger partial charge in [-0.1, -0.05) is 13.3 Å². The van der Waals surface area contributed by atoms with E-state index in [4.69, 9.17) is 4.74 Å². The van der Waals surface area contributed by atoms with Crippen LogP contribution in [0, 0.1) is 5.92 Å². The Morgan fingerprint density at radius 2 is 1.67 bits per heavy atom. The third-order valence-electron chi connectivity index (χ3n) is 7.12. The zero-order chi connectivity index (χ0) is 20.8. The number of nitrogens with zero attached hydrogens (tertiary/aromatic N) is 3. The second-order valence-corrected chi connectivity index (χ2v) is 9.54. The number of anilines is 1. The molecule has 1 aromatic rings. The summed E-state index contributed by atoms with van der Waals surface area (Å²) in [5, 5.41) is 0. The normalized spacial score (nSPS) is 24.5. The molecule has 3 aliphatic heterocycles. The molecule has 0 radical (unpaired) electrons. The zero-order valence-electron chi connectivity index (χ0n) is 18.7. The number of carbonyl (C=O) groups excluding carboxylic acids is 1. The Hall–Kier alpha value is -1.59. The van der Waals surface area contributed by atoms with E-state index in [1.54, 1.807) is 0 Å². The number of likely N-dealkylation sites (tertiary alicyclic amines) is 2. The van der Waals surface area contributed by atoms with Crippen molar-refractivity contribution in [2.24, 2.45) is 5.92 Å². The molecule has 3 heterocycles. The summed E-state index contributed by atoms with van der Waals surface area (Å²) in [4.78, 5) is 19.7. The van der Waals surface area contributed by atoms with Gasteiger partial charge in [0.2, 0.25) is 5.91 Å². The van der Waals surface area contributed by atoms with E-state index in [9.17, 15) is 4.79 Å². The van der Waals surface area contributed by atoms with Crippen LogP contribution in [-0.2, 0) is 4.79 Å². The molecule has 5 nitrogen and oxygen atoms in total. The molecular weight excluding hydrogens is 374 g/mol. The molecule has 3 aliphatic rings. The fraction of sp³-hybridized carbons (Fsp3) is 0.720. The molecule has 1 amide bonds. The van der Waals surface area contributed by atoms with Crippen LogP contribution in [0.3, 0.4) is 0 Å². The number of hydrogen-bond acceptors (Lipinski definition) is 4. The van der Waals surface area contributed by atoms with Crippen LogP contribution in [0.2, 0.25) is 0 Å². The topological polar surface area (TPSA) is 36.0 Å². The second kappa shape index (κ2) is 10.6. The van der Waals surface area contributed by atoms with Gasteiger partial charge in [0.15, 0.2) is 0 Å². The highest BCUT2D eigenvalue weighted by Gasteiger charge is 2.33. The van der Waals surface area contributed by atoms with Crippen molar-refractivity contribution in [2.45, 2.75) is 64.3 Å². The first-order chi connectivity index (χ1) is 14.7. The minimum Gasteiger partial charge on any atom is -0.494 e. The highest BCUT2D eigenvalue weighted by Crippen LogP contribution is 2.29. The summed E-state index contributed by atoms with van der Waals surface area (Å²) in [6, 6.07) is 8.49. The smallest absolute Gasteiger partial charge is 0.227 e. The van der Waals surface area contributed by atoms with Gasteiger partial charge < -0.3 is 19.4 Å². The van der Waals surface area contributed by atoms with Crippen LogP contribution >= 0.6 is 0 Å². The quantitative estimate of drug-likeness (QED) is 0.600. The SMILES string of the molecule is CC1CCN(C[C@@H]2CCC(=O)N2c2ccc(OCCCN3CCCCC3)cc2)CC1. The molecule has 3 fully saturated rings. The van der Waals surface area contributed by atoms with Crippen LogP contribution < -0.4 is 9.64 Å². The van der Waals surface area contributed by atoms with E-state index in [0.717, 1.165) is 49.9 Å². The van der Waals surface area contributed by atoms with Crippen LogP contribution in [0.5, 0.6) is 5.75 Å². The first-order valence-corrected chi connectivity index (χ1v) is 12.2. The molecule has 0 bridgehead atoms. The lowest BCUT2D eigenvalue weighted by atomic mass is 9.98. The second-order valence-electron chi connectivity index (χ2n) is 9.54. The lowest BCUT2D eigenvalue weighted by molar-refractivity contribution is -0.117. The van der Waals surface area contributed by atoms with Gasteiger partial charge in [0.05, 0.1) is 12.6 Å². The highest BCUT2D eigenvalue weighted by molar-refractivity contribution is 5.96. The maximum atomic E-state index is 12.6. The van der Waals surface area contributed by atoms with E-state index < -0.39 is 0 Å². The Morgan fingerprint density at radius 1 is 0.933 bits per heavy atom. The first-order valence-electron chi connectivity index (χ1n) is 12.2. The monoisotopic (exact) mass is 413 g/mol. The Labute approximate surface area is 182 Å². The molecule has 4 rings (SSSR count). The van der Waals surface area contributed by atoms with Crippen molar-refractivity contribution < 1.29 is 9.53 Å². The third-order valence-corrected chi connectivity index (χ3v) is 7.12. The summed E-state index contributed by atoms with van der Waals surface area (Å²) < 4.78 is 5.96. The molecule has 1 aromatic carbocycles. The van der Waals surface area contributed by atoms with Gasteiger partial charge in [-0.15, -0.1) is 0 Å². The minimum atomic E-state index is 0.264. The average Bonchev–Trinajstić information content (AvgIpc) is 3.14. The molecule has 0 saturated carbocycles. The predicted molar refractivity (Wildman–Crippen MR) is 122 cm³/mol. The fourth-order valence-electron chi connectivity index (χ4n) is 5.18. The van der Waals surface area contributed by atoms with Crippen LogP contribution in [0.4, 0.5) is 5.69 Å². The zero-order valence-corrected chi connectivity index (χ0v) is 18.7. The number of hydrogen-bond donors (Lipinski definition) is 0. The van der Waals surface area contributed by atoms with Crippen molar-refractivity contribution in [3.63, 3.8) is 0 Å². The summed E-state index contributed by atoms with van der Waals surface area (Å²) >= 11 is 0. The van der Waals surface area contributed by atoms with Crippen molar-refractivity contribution in [3.8, 4) is 5.75 Å². The van der Waals surface area contributed by atoms with Gasteiger partial charge in [-0.2, -0.15) is 0 Å². The molecule has 5 heteroatoms. The van der Waals surface area contributed by atoms with Gasteiger partial charge in [0.1, 0.15) is 5.75 Å². The van der Waals surface area contributed by atoms with Crippen molar-refractivity contribution in [1.82, 2.24) is 9.80 Å². The van der Waals surface area contributed by atoms with Gasteiger partial charge in [-0.25, -0.2) is 0 Å². The van der Waals surface area contributed by atoms with E-state index in [-0.39, 0.29) is 5.91 Å². The van der Waals surface area contributed by atoms with Gasteiger partial charge >= 0.3 is 0 Å². The van der Waals surface area contributed by atoms with Crippen LogP contribution in [0.25, 0.3) is 0 Å². The molecule has 0 spiro atoms. The Morgan fingerprint density at radius 3 is 2.40 bits per heavy atom. The summed E-state index contributed by atoms with van der Waals surface area (Å²) in [6.45, 7) is 10.1. The standard InChI is InChI=1S/C25H39N3O2/c1-21-12-17-27(18-13-21)20-23-8-11-25(29)28(23)22-6-9-24(10-7-22)30-19-5-16-26-14-3-2-4-15-26/h6-7,9-10,21,23H,2-5,8,11-20H2,1H3/t23-/m0/s1. The Kier molecular flexibility index (Phi) is 7.67. The molecule has 0 aliphatic carbocycles. The van der Waals surface area contributed by atoms with E-state index in [0.29, 0.717) is 12.5 Å².